The van der Waals surface area contributed by atoms with Gasteiger partial charge in [-0.25, -0.2) is 14.0 Å². The molecule has 0 radical (unpaired) electrons. The lowest BCUT2D eigenvalue weighted by molar-refractivity contribution is -0.141. The smallest absolute Gasteiger partial charge is 0.331 e. The predicted octanol–water partition coefficient (Wildman–Crippen LogP) is 3.22. The summed E-state index contributed by atoms with van der Waals surface area (Å²) in [4.78, 5) is 50.6. The molecule has 0 atom stereocenters. The van der Waals surface area contributed by atoms with Crippen molar-refractivity contribution in [3.63, 3.8) is 0 Å². The maximum atomic E-state index is 13.0. The Bertz CT molecular complexity index is 1030. The number of hydrogen-bond acceptors (Lipinski definition) is 5. The van der Waals surface area contributed by atoms with E-state index in [0.29, 0.717) is 24.0 Å². The van der Waals surface area contributed by atoms with E-state index in [-0.39, 0.29) is 17.4 Å². The maximum absolute atomic E-state index is 13.0. The van der Waals surface area contributed by atoms with Crippen LogP contribution in [0.25, 0.3) is 0 Å². The number of rotatable bonds is 5. The first-order valence-electron chi connectivity index (χ1n) is 10.1. The zero-order chi connectivity index (χ0) is 22.0. The largest absolute Gasteiger partial charge is 0.425 e. The average molecular weight is 424 g/mol. The molecule has 1 spiro atoms. The van der Waals surface area contributed by atoms with Crippen molar-refractivity contribution in [1.29, 1.82) is 0 Å². The van der Waals surface area contributed by atoms with Crippen LogP contribution in [0.2, 0.25) is 0 Å². The van der Waals surface area contributed by atoms with E-state index < -0.39 is 29.9 Å². The lowest BCUT2D eigenvalue weighted by Crippen LogP contribution is -2.48. The number of urea groups is 1. The molecule has 0 unspecified atom stereocenters. The number of carbonyl (C=O) groups is 4. The molecule has 1 saturated carbocycles. The monoisotopic (exact) mass is 424 g/mol. The molecule has 1 saturated heterocycles. The molecule has 160 valence electrons. The minimum Gasteiger partial charge on any atom is -0.425 e. The lowest BCUT2D eigenvalue weighted by Gasteiger charge is -2.30. The van der Waals surface area contributed by atoms with Gasteiger partial charge in [-0.2, -0.15) is 0 Å². The molecule has 4 rings (SSSR count). The Morgan fingerprint density at radius 2 is 1.52 bits per heavy atom. The summed E-state index contributed by atoms with van der Waals surface area (Å²) in [5, 5.41) is 2.75. The zero-order valence-corrected chi connectivity index (χ0v) is 16.7. The standard InChI is InChI=1S/C23H21FN2O5/c24-17-8-4-15(5-9-17)20(28)16-6-10-18(11-7-16)31-19(27)14-26-21(29)23(25-22(26)30)12-2-1-3-13-23/h4-11H,1-3,12-14H2,(H,25,30). The van der Waals surface area contributed by atoms with Gasteiger partial charge in [0, 0.05) is 11.1 Å². The van der Waals surface area contributed by atoms with Crippen LogP contribution in [-0.4, -0.2) is 40.7 Å². The Morgan fingerprint density at radius 3 is 2.13 bits per heavy atom. The van der Waals surface area contributed by atoms with E-state index in [2.05, 4.69) is 5.32 Å². The van der Waals surface area contributed by atoms with Crippen LogP contribution in [0.4, 0.5) is 9.18 Å². The molecule has 31 heavy (non-hydrogen) atoms. The van der Waals surface area contributed by atoms with Crippen LogP contribution in [0.5, 0.6) is 5.75 Å². The third-order valence-corrected chi connectivity index (χ3v) is 5.69. The molecule has 2 fully saturated rings. The molecule has 7 nitrogen and oxygen atoms in total. The number of amides is 3. The topological polar surface area (TPSA) is 92.8 Å². The Hall–Kier alpha value is -3.55. The molecule has 2 aromatic rings. The molecule has 2 aromatic carbocycles. The second-order valence-corrected chi connectivity index (χ2v) is 7.80. The van der Waals surface area contributed by atoms with Crippen molar-refractivity contribution in [2.24, 2.45) is 0 Å². The van der Waals surface area contributed by atoms with E-state index in [9.17, 15) is 23.6 Å². The number of carbonyl (C=O) groups excluding carboxylic acids is 4. The average Bonchev–Trinajstić information content (AvgIpc) is 2.98. The maximum Gasteiger partial charge on any atom is 0.331 e. The van der Waals surface area contributed by atoms with E-state index in [4.69, 9.17) is 4.74 Å². The summed E-state index contributed by atoms with van der Waals surface area (Å²) >= 11 is 0. The Kier molecular flexibility index (Phi) is 5.54. The molecule has 1 aliphatic heterocycles. The SMILES string of the molecule is O=C(CN1C(=O)NC2(CCCCC2)C1=O)Oc1ccc(C(=O)c2ccc(F)cc2)cc1. The summed E-state index contributed by atoms with van der Waals surface area (Å²) in [5.74, 6) is -1.68. The first-order chi connectivity index (χ1) is 14.9. The van der Waals surface area contributed by atoms with E-state index in [1.165, 1.54) is 48.5 Å². The highest BCUT2D eigenvalue weighted by Crippen LogP contribution is 2.33. The van der Waals surface area contributed by atoms with Crippen LogP contribution in [-0.2, 0) is 9.59 Å². The second-order valence-electron chi connectivity index (χ2n) is 7.80. The highest BCUT2D eigenvalue weighted by atomic mass is 19.1. The molecule has 3 amide bonds. The number of nitrogens with zero attached hydrogens (tertiary/aromatic N) is 1. The highest BCUT2D eigenvalue weighted by molar-refractivity contribution is 6.09. The van der Waals surface area contributed by atoms with Gasteiger partial charge in [0.25, 0.3) is 5.91 Å². The van der Waals surface area contributed by atoms with Crippen molar-refractivity contribution in [1.82, 2.24) is 10.2 Å². The highest BCUT2D eigenvalue weighted by Gasteiger charge is 2.51. The molecule has 8 heteroatoms. The molecule has 0 aromatic heterocycles. The Labute approximate surface area is 178 Å². The fraction of sp³-hybridized carbons (Fsp3) is 0.304. The summed E-state index contributed by atoms with van der Waals surface area (Å²) in [7, 11) is 0. The van der Waals surface area contributed by atoms with E-state index >= 15 is 0 Å². The van der Waals surface area contributed by atoms with Gasteiger partial charge in [0.15, 0.2) is 5.78 Å². The van der Waals surface area contributed by atoms with Crippen LogP contribution in [0.1, 0.15) is 48.0 Å². The fourth-order valence-electron chi connectivity index (χ4n) is 4.05. The minimum absolute atomic E-state index is 0.181. The van der Waals surface area contributed by atoms with Gasteiger partial charge in [-0.1, -0.05) is 19.3 Å². The molecule has 0 bridgehead atoms. The number of ketones is 1. The number of ether oxygens (including phenoxy) is 1. The van der Waals surface area contributed by atoms with Gasteiger partial charge in [0.2, 0.25) is 0 Å². The lowest BCUT2D eigenvalue weighted by atomic mass is 9.82. The summed E-state index contributed by atoms with van der Waals surface area (Å²) in [6.45, 7) is -0.483. The van der Waals surface area contributed by atoms with Crippen molar-refractivity contribution < 1.29 is 28.3 Å². The summed E-state index contributed by atoms with van der Waals surface area (Å²) in [5.41, 5.74) is -0.209. The van der Waals surface area contributed by atoms with Crippen LogP contribution in [0.15, 0.2) is 48.5 Å². The van der Waals surface area contributed by atoms with Gasteiger partial charge in [-0.05, 0) is 61.4 Å². The van der Waals surface area contributed by atoms with Crippen molar-refractivity contribution in [3.05, 3.63) is 65.5 Å². The predicted molar refractivity (Wildman–Crippen MR) is 108 cm³/mol. The van der Waals surface area contributed by atoms with Crippen molar-refractivity contribution in [2.45, 2.75) is 37.6 Å². The van der Waals surface area contributed by atoms with Gasteiger partial charge in [-0.15, -0.1) is 0 Å². The summed E-state index contributed by atoms with van der Waals surface area (Å²) in [6, 6.07) is 10.5. The van der Waals surface area contributed by atoms with E-state index in [1.807, 2.05) is 0 Å². The minimum atomic E-state index is -0.891. The van der Waals surface area contributed by atoms with Crippen molar-refractivity contribution in [3.8, 4) is 5.75 Å². The number of hydrogen-bond donors (Lipinski definition) is 1. The molecule has 1 N–H and O–H groups in total. The molecular weight excluding hydrogens is 403 g/mol. The molecule has 2 aliphatic rings. The van der Waals surface area contributed by atoms with Crippen LogP contribution < -0.4 is 10.1 Å². The first kappa shape index (κ1) is 20.7. The number of imide groups is 1. The van der Waals surface area contributed by atoms with Gasteiger partial charge in [0.05, 0.1) is 0 Å². The molecular formula is C23H21FN2O5. The number of benzene rings is 2. The van der Waals surface area contributed by atoms with Crippen molar-refractivity contribution >= 4 is 23.7 Å². The summed E-state index contributed by atoms with van der Waals surface area (Å²) < 4.78 is 18.2. The van der Waals surface area contributed by atoms with Gasteiger partial charge < -0.3 is 10.1 Å². The number of esters is 1. The number of nitrogens with one attached hydrogen (secondary N) is 1. The third kappa shape index (κ3) is 4.19. The van der Waals surface area contributed by atoms with Crippen LogP contribution in [0.3, 0.4) is 0 Å². The second kappa shape index (κ2) is 8.29. The quantitative estimate of drug-likeness (QED) is 0.344. The normalized spacial score (nSPS) is 17.5. The fourth-order valence-corrected chi connectivity index (χ4v) is 4.05. The van der Waals surface area contributed by atoms with Crippen LogP contribution in [0, 0.1) is 5.82 Å². The first-order valence-corrected chi connectivity index (χ1v) is 10.1. The number of halogens is 1. The molecule has 1 aliphatic carbocycles. The van der Waals surface area contributed by atoms with E-state index in [0.717, 1.165) is 24.2 Å². The van der Waals surface area contributed by atoms with Crippen molar-refractivity contribution in [2.75, 3.05) is 6.54 Å². The summed E-state index contributed by atoms with van der Waals surface area (Å²) in [6.07, 6.45) is 3.88. The van der Waals surface area contributed by atoms with Gasteiger partial charge >= 0.3 is 12.0 Å². The Balaban J connectivity index is 1.38. The van der Waals surface area contributed by atoms with Crippen LogP contribution >= 0.6 is 0 Å². The third-order valence-electron chi connectivity index (χ3n) is 5.69. The van der Waals surface area contributed by atoms with Gasteiger partial charge in [0.1, 0.15) is 23.7 Å². The molecule has 1 heterocycles. The Morgan fingerprint density at radius 1 is 0.935 bits per heavy atom. The van der Waals surface area contributed by atoms with Gasteiger partial charge in [-0.3, -0.25) is 14.5 Å². The van der Waals surface area contributed by atoms with E-state index in [1.54, 1.807) is 0 Å². The zero-order valence-electron chi connectivity index (χ0n) is 16.7.